The number of allylic oxidation sites excluding steroid dienone is 12. The van der Waals surface area contributed by atoms with E-state index in [1.54, 1.807) is 0 Å². The summed E-state index contributed by atoms with van der Waals surface area (Å²) in [7, 11) is -4.29. The van der Waals surface area contributed by atoms with Crippen molar-refractivity contribution >= 4 is 13.8 Å². The first-order chi connectivity index (χ1) is 31.4. The van der Waals surface area contributed by atoms with Crippen molar-refractivity contribution in [3.8, 4) is 0 Å². The Balaban J connectivity index is 3.96. The van der Waals surface area contributed by atoms with Crippen molar-refractivity contribution in [2.24, 2.45) is 5.73 Å². The van der Waals surface area contributed by atoms with Gasteiger partial charge in [-0.25, -0.2) is 4.57 Å². The van der Waals surface area contributed by atoms with Gasteiger partial charge in [-0.2, -0.15) is 0 Å². The van der Waals surface area contributed by atoms with E-state index in [2.05, 4.69) is 86.8 Å². The minimum atomic E-state index is -4.29. The highest BCUT2D eigenvalue weighted by Crippen LogP contribution is 2.43. The van der Waals surface area contributed by atoms with Crippen molar-refractivity contribution in [3.63, 3.8) is 0 Å². The van der Waals surface area contributed by atoms with Gasteiger partial charge in [-0.1, -0.05) is 215 Å². The van der Waals surface area contributed by atoms with Gasteiger partial charge in [0.2, 0.25) is 0 Å². The summed E-state index contributed by atoms with van der Waals surface area (Å²) in [5, 5.41) is 0. The van der Waals surface area contributed by atoms with Crippen LogP contribution in [0.2, 0.25) is 0 Å². The minimum Gasteiger partial charge on any atom is -0.457 e. The molecule has 9 heteroatoms. The van der Waals surface area contributed by atoms with E-state index < -0.39 is 13.9 Å². The summed E-state index contributed by atoms with van der Waals surface area (Å²) < 4.78 is 33.6. The van der Waals surface area contributed by atoms with E-state index >= 15 is 0 Å². The lowest BCUT2D eigenvalue weighted by Gasteiger charge is -2.20. The Morgan fingerprint density at radius 3 is 1.33 bits per heavy atom. The Morgan fingerprint density at radius 1 is 0.484 bits per heavy atom. The molecule has 0 aromatic rings. The van der Waals surface area contributed by atoms with Crippen LogP contribution in [0.4, 0.5) is 0 Å². The highest BCUT2D eigenvalue weighted by molar-refractivity contribution is 7.47. The molecule has 2 atom stereocenters. The summed E-state index contributed by atoms with van der Waals surface area (Å²) in [5.74, 6) is -0.337. The molecular weight excluding hydrogens is 818 g/mol. The molecule has 0 heterocycles. The molecule has 0 spiro atoms. The van der Waals surface area contributed by atoms with Crippen LogP contribution >= 0.6 is 7.82 Å². The van der Waals surface area contributed by atoms with Crippen LogP contribution in [-0.2, 0) is 27.9 Å². The first-order valence-electron chi connectivity index (χ1n) is 26.4. The van der Waals surface area contributed by atoms with Gasteiger partial charge in [0.25, 0.3) is 0 Å². The number of unbranched alkanes of at least 4 members (excludes halogenated alkanes) is 25. The van der Waals surface area contributed by atoms with E-state index in [-0.39, 0.29) is 32.3 Å². The first-order valence-corrected chi connectivity index (χ1v) is 27.9. The summed E-state index contributed by atoms with van der Waals surface area (Å²) in [6, 6.07) is 0. The van der Waals surface area contributed by atoms with E-state index in [4.69, 9.17) is 24.3 Å². The third-order valence-electron chi connectivity index (χ3n) is 11.1. The predicted octanol–water partition coefficient (Wildman–Crippen LogP) is 16.6. The average Bonchev–Trinajstić information content (AvgIpc) is 3.29. The predicted molar refractivity (Wildman–Crippen MR) is 275 cm³/mol. The third-order valence-corrected chi connectivity index (χ3v) is 12.1. The van der Waals surface area contributed by atoms with Gasteiger partial charge in [0, 0.05) is 19.6 Å². The van der Waals surface area contributed by atoms with E-state index in [0.29, 0.717) is 13.0 Å². The largest absolute Gasteiger partial charge is 0.472 e. The fraction of sp³-hybridized carbons (Fsp3) is 0.764. The molecule has 0 aromatic heterocycles. The second-order valence-corrected chi connectivity index (χ2v) is 18.8. The molecule has 0 saturated heterocycles. The fourth-order valence-corrected chi connectivity index (χ4v) is 8.02. The zero-order chi connectivity index (χ0) is 46.5. The summed E-state index contributed by atoms with van der Waals surface area (Å²) in [6.45, 7) is 4.81. The van der Waals surface area contributed by atoms with Crippen LogP contribution < -0.4 is 5.73 Å². The lowest BCUT2D eigenvalue weighted by Crippen LogP contribution is -2.28. The van der Waals surface area contributed by atoms with Gasteiger partial charge in [0.05, 0.1) is 19.8 Å². The quantitative estimate of drug-likeness (QED) is 0.0268. The van der Waals surface area contributed by atoms with Crippen molar-refractivity contribution < 1.29 is 32.8 Å². The molecule has 3 N–H and O–H groups in total. The molecule has 64 heavy (non-hydrogen) atoms. The monoisotopic (exact) mass is 918 g/mol. The molecule has 0 bridgehead atoms. The molecular formula is C55H100NO7P. The summed E-state index contributed by atoms with van der Waals surface area (Å²) in [6.07, 6.45) is 66.5. The van der Waals surface area contributed by atoms with Gasteiger partial charge in [-0.3, -0.25) is 13.8 Å². The van der Waals surface area contributed by atoms with Crippen molar-refractivity contribution in [2.45, 2.75) is 238 Å². The van der Waals surface area contributed by atoms with Crippen LogP contribution in [0.3, 0.4) is 0 Å². The number of hydrogen-bond donors (Lipinski definition) is 2. The zero-order valence-electron chi connectivity index (χ0n) is 41.5. The SMILES string of the molecule is CC/C=C\C/C=C\C/C=C\C/C=C\C/C=C\CCCCCCCCCCCC(=O)OC(COCCCCCCCCCCCC/C=C\CCCCCCCC)COP(=O)(O)OCCN. The van der Waals surface area contributed by atoms with Crippen LogP contribution in [0.5, 0.6) is 0 Å². The van der Waals surface area contributed by atoms with Gasteiger partial charge < -0.3 is 20.1 Å². The van der Waals surface area contributed by atoms with Crippen LogP contribution in [0.15, 0.2) is 72.9 Å². The zero-order valence-corrected chi connectivity index (χ0v) is 42.4. The van der Waals surface area contributed by atoms with Gasteiger partial charge in [0.15, 0.2) is 0 Å². The molecule has 0 aliphatic heterocycles. The van der Waals surface area contributed by atoms with Crippen molar-refractivity contribution in [3.05, 3.63) is 72.9 Å². The number of esters is 1. The molecule has 0 amide bonds. The molecule has 8 nitrogen and oxygen atoms in total. The van der Waals surface area contributed by atoms with E-state index in [1.807, 2.05) is 0 Å². The third kappa shape index (κ3) is 50.9. The molecule has 372 valence electrons. The normalized spacial score (nSPS) is 13.9. The van der Waals surface area contributed by atoms with Crippen LogP contribution in [0.25, 0.3) is 0 Å². The topological polar surface area (TPSA) is 117 Å². The highest BCUT2D eigenvalue weighted by atomic mass is 31.2. The first kappa shape index (κ1) is 61.9. The van der Waals surface area contributed by atoms with E-state index in [0.717, 1.165) is 70.6 Å². The number of phosphoric acid groups is 1. The van der Waals surface area contributed by atoms with Gasteiger partial charge in [-0.15, -0.1) is 0 Å². The average molecular weight is 918 g/mol. The Labute approximate surface area is 395 Å². The fourth-order valence-electron chi connectivity index (χ4n) is 7.25. The Morgan fingerprint density at radius 2 is 0.875 bits per heavy atom. The van der Waals surface area contributed by atoms with E-state index in [9.17, 15) is 14.3 Å². The summed E-state index contributed by atoms with van der Waals surface area (Å²) in [4.78, 5) is 22.6. The highest BCUT2D eigenvalue weighted by Gasteiger charge is 2.25. The van der Waals surface area contributed by atoms with Gasteiger partial charge in [0.1, 0.15) is 6.10 Å². The van der Waals surface area contributed by atoms with Gasteiger partial charge in [-0.05, 0) is 83.5 Å². The number of nitrogens with two attached hydrogens (primary N) is 1. The molecule has 0 saturated carbocycles. The molecule has 0 rings (SSSR count). The van der Waals surface area contributed by atoms with Crippen molar-refractivity contribution in [2.75, 3.05) is 33.0 Å². The Kier molecular flexibility index (Phi) is 50.2. The number of ether oxygens (including phenoxy) is 2. The van der Waals surface area contributed by atoms with Crippen LogP contribution in [-0.4, -0.2) is 49.9 Å². The summed E-state index contributed by atoms with van der Waals surface area (Å²) >= 11 is 0. The smallest absolute Gasteiger partial charge is 0.457 e. The van der Waals surface area contributed by atoms with Gasteiger partial charge >= 0.3 is 13.8 Å². The molecule has 0 radical (unpaired) electrons. The number of carbonyl (C=O) groups excluding carboxylic acids is 1. The van der Waals surface area contributed by atoms with Crippen LogP contribution in [0.1, 0.15) is 232 Å². The molecule has 0 aromatic carbocycles. The number of phosphoric ester groups is 1. The minimum absolute atomic E-state index is 0.0966. The lowest BCUT2D eigenvalue weighted by atomic mass is 10.1. The van der Waals surface area contributed by atoms with Crippen LogP contribution in [0, 0.1) is 0 Å². The molecule has 2 unspecified atom stereocenters. The maximum absolute atomic E-state index is 12.7. The second kappa shape index (κ2) is 51.9. The molecule has 0 aliphatic carbocycles. The second-order valence-electron chi connectivity index (χ2n) is 17.4. The van der Waals surface area contributed by atoms with Crippen molar-refractivity contribution in [1.29, 1.82) is 0 Å². The summed E-state index contributed by atoms with van der Waals surface area (Å²) in [5.41, 5.74) is 5.39. The number of carbonyl (C=O) groups is 1. The number of rotatable bonds is 50. The number of hydrogen-bond acceptors (Lipinski definition) is 7. The van der Waals surface area contributed by atoms with E-state index in [1.165, 1.54) is 141 Å². The maximum atomic E-state index is 12.7. The molecule has 0 aliphatic rings. The lowest BCUT2D eigenvalue weighted by molar-refractivity contribution is -0.154. The Hall–Kier alpha value is -2.06. The molecule has 0 fully saturated rings. The standard InChI is InChI=1S/C55H100NO7P/c1-3-5-7-9-11-13-15-17-19-21-23-25-26-27-28-29-30-32-34-36-38-40-42-44-46-48-55(57)63-54(53-62-64(58,59)61-51-49-56)52-60-50-47-45-43-41-39-37-35-33-31-24-22-20-18-16-14-12-10-8-6-4-2/h5,7,11,13,17-20,23,25,27-28,54H,3-4,6,8-10,12,14-16,21-22,24,26,29-53,56H2,1-2H3,(H,58,59)/b7-5-,13-11-,19-17-,20-18-,25-23-,28-27-. The maximum Gasteiger partial charge on any atom is 0.472 e. The Bertz CT molecular complexity index is 1210. The van der Waals surface area contributed by atoms with Crippen molar-refractivity contribution in [1.82, 2.24) is 0 Å².